The van der Waals surface area contributed by atoms with Gasteiger partial charge >= 0.3 is 0 Å². The van der Waals surface area contributed by atoms with Gasteiger partial charge in [0.05, 0.1) is 0 Å². The fourth-order valence-corrected chi connectivity index (χ4v) is 2.12. The molecule has 94 valence electrons. The van der Waals surface area contributed by atoms with Gasteiger partial charge in [0.25, 0.3) is 0 Å². The molecule has 1 heterocycles. The summed E-state index contributed by atoms with van der Waals surface area (Å²) in [5.41, 5.74) is 5.29. The monoisotopic (exact) mass is 228 g/mol. The van der Waals surface area contributed by atoms with E-state index in [4.69, 9.17) is 10.5 Å². The van der Waals surface area contributed by atoms with Gasteiger partial charge in [-0.15, -0.1) is 0 Å². The molecular formula is C12H24N2O2. The predicted molar refractivity (Wildman–Crippen MR) is 64.1 cm³/mol. The van der Waals surface area contributed by atoms with Gasteiger partial charge in [-0.05, 0) is 52.2 Å². The van der Waals surface area contributed by atoms with Crippen LogP contribution >= 0.6 is 0 Å². The van der Waals surface area contributed by atoms with Crippen LogP contribution in [0.25, 0.3) is 0 Å². The Labute approximate surface area is 98.1 Å². The molecule has 0 aliphatic carbocycles. The number of unbranched alkanes of at least 4 members (excludes halogenated alkanes) is 1. The average Bonchev–Trinajstić information content (AvgIpc) is 2.29. The molecule has 1 aliphatic heterocycles. The van der Waals surface area contributed by atoms with Crippen LogP contribution in [-0.4, -0.2) is 43.7 Å². The van der Waals surface area contributed by atoms with Gasteiger partial charge in [0.1, 0.15) is 0 Å². The second-order valence-corrected chi connectivity index (χ2v) is 4.42. The van der Waals surface area contributed by atoms with Gasteiger partial charge in [-0.2, -0.15) is 0 Å². The molecule has 0 aromatic heterocycles. The molecule has 0 aromatic rings. The molecule has 1 rings (SSSR count). The number of ether oxygens (including phenoxy) is 1. The number of carbonyl (C=O) groups excluding carboxylic acids is 1. The Kier molecular flexibility index (Phi) is 6.42. The van der Waals surface area contributed by atoms with E-state index in [9.17, 15) is 4.79 Å². The van der Waals surface area contributed by atoms with Crippen LogP contribution in [0.2, 0.25) is 0 Å². The maximum atomic E-state index is 11.0. The molecular weight excluding hydrogens is 204 g/mol. The Balaban J connectivity index is 2.02. The Bertz CT molecular complexity index is 201. The van der Waals surface area contributed by atoms with Crippen LogP contribution in [0.15, 0.2) is 0 Å². The van der Waals surface area contributed by atoms with Crippen molar-refractivity contribution in [2.24, 2.45) is 11.7 Å². The summed E-state index contributed by atoms with van der Waals surface area (Å²) in [6.07, 6.45) is 4.17. The fraction of sp³-hybridized carbons (Fsp3) is 0.917. The summed E-state index contributed by atoms with van der Waals surface area (Å²) < 4.78 is 5.29. The first-order valence-corrected chi connectivity index (χ1v) is 6.33. The number of rotatable bonds is 7. The lowest BCUT2D eigenvalue weighted by Crippen LogP contribution is -2.38. The average molecular weight is 228 g/mol. The summed E-state index contributed by atoms with van der Waals surface area (Å²) in [6, 6.07) is 0. The molecule has 4 nitrogen and oxygen atoms in total. The van der Waals surface area contributed by atoms with Crippen LogP contribution in [-0.2, 0) is 9.53 Å². The lowest BCUT2D eigenvalue weighted by molar-refractivity contribution is -0.123. The number of nitrogens with zero attached hydrogens (tertiary/aromatic N) is 1. The minimum Gasteiger partial charge on any atom is -0.382 e. The zero-order chi connectivity index (χ0) is 11.8. The first kappa shape index (κ1) is 13.5. The van der Waals surface area contributed by atoms with Crippen LogP contribution in [0.5, 0.6) is 0 Å². The van der Waals surface area contributed by atoms with Crippen molar-refractivity contribution in [2.45, 2.75) is 32.6 Å². The number of nitrogens with two attached hydrogens (primary N) is 1. The van der Waals surface area contributed by atoms with Gasteiger partial charge in [-0.1, -0.05) is 0 Å². The van der Waals surface area contributed by atoms with Crippen molar-refractivity contribution in [1.29, 1.82) is 0 Å². The van der Waals surface area contributed by atoms with Crippen molar-refractivity contribution in [3.8, 4) is 0 Å². The van der Waals surface area contributed by atoms with Gasteiger partial charge in [0, 0.05) is 19.1 Å². The smallest absolute Gasteiger partial charge is 0.220 e. The van der Waals surface area contributed by atoms with Crippen LogP contribution < -0.4 is 5.73 Å². The van der Waals surface area contributed by atoms with Gasteiger partial charge in [0.15, 0.2) is 0 Å². The SMILES string of the molecule is CCOCCCCN1CCC(C(N)=O)CC1. The summed E-state index contributed by atoms with van der Waals surface area (Å²) in [5.74, 6) is -0.0179. The van der Waals surface area contributed by atoms with E-state index >= 15 is 0 Å². The number of likely N-dealkylation sites (tertiary alicyclic amines) is 1. The number of amides is 1. The third kappa shape index (κ3) is 4.94. The Hall–Kier alpha value is -0.610. The molecule has 0 saturated carbocycles. The van der Waals surface area contributed by atoms with Crippen molar-refractivity contribution >= 4 is 5.91 Å². The number of piperidine rings is 1. The van der Waals surface area contributed by atoms with E-state index in [0.717, 1.165) is 52.1 Å². The van der Waals surface area contributed by atoms with E-state index in [-0.39, 0.29) is 11.8 Å². The van der Waals surface area contributed by atoms with E-state index in [1.54, 1.807) is 0 Å². The Morgan fingerprint density at radius 1 is 1.38 bits per heavy atom. The number of carbonyl (C=O) groups is 1. The standard InChI is InChI=1S/C12H24N2O2/c1-2-16-10-4-3-7-14-8-5-11(6-9-14)12(13)15/h11H,2-10H2,1H3,(H2,13,15). The normalized spacial score (nSPS) is 18.8. The van der Waals surface area contributed by atoms with E-state index in [1.165, 1.54) is 6.42 Å². The quantitative estimate of drug-likeness (QED) is 0.661. The molecule has 1 saturated heterocycles. The molecule has 1 amide bonds. The van der Waals surface area contributed by atoms with Gasteiger partial charge in [-0.25, -0.2) is 0 Å². The molecule has 1 aliphatic rings. The highest BCUT2D eigenvalue weighted by atomic mass is 16.5. The fourth-order valence-electron chi connectivity index (χ4n) is 2.12. The minimum absolute atomic E-state index is 0.111. The lowest BCUT2D eigenvalue weighted by atomic mass is 9.96. The van der Waals surface area contributed by atoms with Gasteiger partial charge < -0.3 is 15.4 Å². The molecule has 4 heteroatoms. The van der Waals surface area contributed by atoms with Crippen LogP contribution in [0.3, 0.4) is 0 Å². The van der Waals surface area contributed by atoms with Crippen molar-refractivity contribution in [3.05, 3.63) is 0 Å². The number of hydrogen-bond donors (Lipinski definition) is 1. The predicted octanol–water partition coefficient (Wildman–Crippen LogP) is 1.00. The molecule has 1 fully saturated rings. The Morgan fingerprint density at radius 2 is 2.06 bits per heavy atom. The zero-order valence-corrected chi connectivity index (χ0v) is 10.3. The highest BCUT2D eigenvalue weighted by Crippen LogP contribution is 2.16. The molecule has 2 N–H and O–H groups in total. The molecule has 0 aromatic carbocycles. The van der Waals surface area contributed by atoms with Crippen molar-refractivity contribution < 1.29 is 9.53 Å². The first-order valence-electron chi connectivity index (χ1n) is 6.33. The largest absolute Gasteiger partial charge is 0.382 e. The summed E-state index contributed by atoms with van der Waals surface area (Å²) in [7, 11) is 0. The molecule has 0 atom stereocenters. The molecule has 16 heavy (non-hydrogen) atoms. The molecule has 0 bridgehead atoms. The number of hydrogen-bond acceptors (Lipinski definition) is 3. The third-order valence-electron chi connectivity index (χ3n) is 3.21. The zero-order valence-electron chi connectivity index (χ0n) is 10.3. The Morgan fingerprint density at radius 3 is 2.62 bits per heavy atom. The second kappa shape index (κ2) is 7.63. The number of primary amides is 1. The summed E-state index contributed by atoms with van der Waals surface area (Å²) in [4.78, 5) is 13.4. The van der Waals surface area contributed by atoms with E-state index in [2.05, 4.69) is 4.90 Å². The van der Waals surface area contributed by atoms with Gasteiger partial charge in [-0.3, -0.25) is 4.79 Å². The van der Waals surface area contributed by atoms with Crippen LogP contribution in [0, 0.1) is 5.92 Å². The minimum atomic E-state index is -0.129. The van der Waals surface area contributed by atoms with Crippen LogP contribution in [0.1, 0.15) is 32.6 Å². The van der Waals surface area contributed by atoms with Crippen LogP contribution in [0.4, 0.5) is 0 Å². The second-order valence-electron chi connectivity index (χ2n) is 4.42. The van der Waals surface area contributed by atoms with E-state index in [0.29, 0.717) is 0 Å². The van der Waals surface area contributed by atoms with Gasteiger partial charge in [0.2, 0.25) is 5.91 Å². The van der Waals surface area contributed by atoms with Crippen molar-refractivity contribution in [3.63, 3.8) is 0 Å². The maximum absolute atomic E-state index is 11.0. The van der Waals surface area contributed by atoms with Crippen molar-refractivity contribution in [1.82, 2.24) is 4.90 Å². The van der Waals surface area contributed by atoms with Crippen molar-refractivity contribution in [2.75, 3.05) is 32.8 Å². The third-order valence-corrected chi connectivity index (χ3v) is 3.21. The molecule has 0 unspecified atom stereocenters. The summed E-state index contributed by atoms with van der Waals surface area (Å²) in [6.45, 7) is 6.86. The first-order chi connectivity index (χ1) is 7.74. The van der Waals surface area contributed by atoms with E-state index < -0.39 is 0 Å². The highest BCUT2D eigenvalue weighted by molar-refractivity contribution is 5.76. The lowest BCUT2D eigenvalue weighted by Gasteiger charge is -2.30. The summed E-state index contributed by atoms with van der Waals surface area (Å²) >= 11 is 0. The molecule has 0 spiro atoms. The highest BCUT2D eigenvalue weighted by Gasteiger charge is 2.22. The molecule has 0 radical (unpaired) electrons. The maximum Gasteiger partial charge on any atom is 0.220 e. The van der Waals surface area contributed by atoms with E-state index in [1.807, 2.05) is 6.92 Å². The summed E-state index contributed by atoms with van der Waals surface area (Å²) in [5, 5.41) is 0. The topological polar surface area (TPSA) is 55.6 Å².